The van der Waals surface area contributed by atoms with Gasteiger partial charge in [-0.05, 0) is 42.3 Å². The summed E-state index contributed by atoms with van der Waals surface area (Å²) in [5, 5.41) is 6.39. The standard InChI is InChI=1S/C20H21FN4O2/c1-26-17-8-7-16(13-18(17)27-2)24-19-10-12-23-20(25-19)22-11-9-14-3-5-15(21)6-4-14/h3-8,10,12-13H,9,11H2,1-2H3,(H2,22,23,24,25). The maximum absolute atomic E-state index is 12.9. The van der Waals surface area contributed by atoms with Gasteiger partial charge in [0.25, 0.3) is 0 Å². The van der Waals surface area contributed by atoms with E-state index in [9.17, 15) is 4.39 Å². The zero-order chi connectivity index (χ0) is 19.1. The maximum Gasteiger partial charge on any atom is 0.224 e. The molecule has 0 aliphatic heterocycles. The van der Waals surface area contributed by atoms with Crippen molar-refractivity contribution in [2.75, 3.05) is 31.4 Å². The van der Waals surface area contributed by atoms with E-state index in [1.165, 1.54) is 12.1 Å². The highest BCUT2D eigenvalue weighted by atomic mass is 19.1. The van der Waals surface area contributed by atoms with Crippen LogP contribution >= 0.6 is 0 Å². The first kappa shape index (κ1) is 18.4. The van der Waals surface area contributed by atoms with Crippen LogP contribution in [0.2, 0.25) is 0 Å². The fourth-order valence-corrected chi connectivity index (χ4v) is 2.55. The molecule has 27 heavy (non-hydrogen) atoms. The van der Waals surface area contributed by atoms with Gasteiger partial charge in [-0.3, -0.25) is 0 Å². The molecule has 0 amide bonds. The summed E-state index contributed by atoms with van der Waals surface area (Å²) >= 11 is 0. The molecule has 0 bridgehead atoms. The molecule has 0 saturated heterocycles. The zero-order valence-electron chi connectivity index (χ0n) is 15.2. The van der Waals surface area contributed by atoms with Crippen molar-refractivity contribution in [3.8, 4) is 11.5 Å². The van der Waals surface area contributed by atoms with Crippen LogP contribution in [-0.4, -0.2) is 30.7 Å². The Bertz CT molecular complexity index is 887. The second-order valence-corrected chi connectivity index (χ2v) is 5.76. The summed E-state index contributed by atoms with van der Waals surface area (Å²) in [6.45, 7) is 0.644. The molecule has 140 valence electrons. The second-order valence-electron chi connectivity index (χ2n) is 5.76. The first-order valence-corrected chi connectivity index (χ1v) is 8.48. The van der Waals surface area contributed by atoms with Gasteiger partial charge in [-0.1, -0.05) is 12.1 Å². The molecule has 0 saturated carbocycles. The molecular formula is C20H21FN4O2. The lowest BCUT2D eigenvalue weighted by atomic mass is 10.1. The number of hydrogen-bond donors (Lipinski definition) is 2. The van der Waals surface area contributed by atoms with Gasteiger partial charge in [0.1, 0.15) is 11.6 Å². The van der Waals surface area contributed by atoms with Crippen molar-refractivity contribution >= 4 is 17.5 Å². The van der Waals surface area contributed by atoms with E-state index < -0.39 is 0 Å². The van der Waals surface area contributed by atoms with Crippen molar-refractivity contribution in [1.82, 2.24) is 9.97 Å². The molecule has 7 heteroatoms. The third kappa shape index (κ3) is 5.07. The Kier molecular flexibility index (Phi) is 6.04. The van der Waals surface area contributed by atoms with E-state index >= 15 is 0 Å². The van der Waals surface area contributed by atoms with Crippen LogP contribution in [0, 0.1) is 5.82 Å². The quantitative estimate of drug-likeness (QED) is 0.626. The van der Waals surface area contributed by atoms with Crippen LogP contribution < -0.4 is 20.1 Å². The highest BCUT2D eigenvalue weighted by Gasteiger charge is 2.06. The van der Waals surface area contributed by atoms with Gasteiger partial charge in [0.15, 0.2) is 11.5 Å². The fraction of sp³-hybridized carbons (Fsp3) is 0.200. The molecule has 2 aromatic carbocycles. The number of aromatic nitrogens is 2. The van der Waals surface area contributed by atoms with Crippen LogP contribution in [0.3, 0.4) is 0 Å². The largest absolute Gasteiger partial charge is 0.493 e. The van der Waals surface area contributed by atoms with Gasteiger partial charge in [0, 0.05) is 24.5 Å². The number of anilines is 3. The van der Waals surface area contributed by atoms with E-state index in [1.54, 1.807) is 38.6 Å². The summed E-state index contributed by atoms with van der Waals surface area (Å²) < 4.78 is 23.5. The lowest BCUT2D eigenvalue weighted by Crippen LogP contribution is -2.08. The van der Waals surface area contributed by atoms with Gasteiger partial charge in [-0.2, -0.15) is 4.98 Å². The Hall–Kier alpha value is -3.35. The van der Waals surface area contributed by atoms with Gasteiger partial charge in [0.2, 0.25) is 5.95 Å². The minimum Gasteiger partial charge on any atom is -0.493 e. The lowest BCUT2D eigenvalue weighted by Gasteiger charge is -2.11. The van der Waals surface area contributed by atoms with Crippen LogP contribution in [0.1, 0.15) is 5.56 Å². The van der Waals surface area contributed by atoms with Crippen molar-refractivity contribution in [3.05, 3.63) is 66.1 Å². The zero-order valence-corrected chi connectivity index (χ0v) is 15.2. The number of nitrogens with zero attached hydrogens (tertiary/aromatic N) is 2. The van der Waals surface area contributed by atoms with Gasteiger partial charge in [-0.15, -0.1) is 0 Å². The van der Waals surface area contributed by atoms with E-state index in [1.807, 2.05) is 18.2 Å². The van der Waals surface area contributed by atoms with Crippen molar-refractivity contribution < 1.29 is 13.9 Å². The number of nitrogens with one attached hydrogen (secondary N) is 2. The molecule has 0 atom stereocenters. The average molecular weight is 368 g/mol. The summed E-state index contributed by atoms with van der Waals surface area (Å²) in [4.78, 5) is 8.67. The molecule has 0 spiro atoms. The number of benzene rings is 2. The van der Waals surface area contributed by atoms with Gasteiger partial charge in [0.05, 0.1) is 14.2 Å². The molecule has 3 rings (SSSR count). The molecule has 2 N–H and O–H groups in total. The second kappa shape index (κ2) is 8.84. The summed E-state index contributed by atoms with van der Waals surface area (Å²) in [5.74, 6) is 2.23. The van der Waals surface area contributed by atoms with Crippen LogP contribution in [0.15, 0.2) is 54.7 Å². The Morgan fingerprint density at radius 1 is 0.963 bits per heavy atom. The number of halogens is 1. The van der Waals surface area contributed by atoms with Crippen molar-refractivity contribution in [2.24, 2.45) is 0 Å². The molecule has 0 aliphatic carbocycles. The predicted octanol–water partition coefficient (Wildman–Crippen LogP) is 4.03. The monoisotopic (exact) mass is 368 g/mol. The maximum atomic E-state index is 12.9. The SMILES string of the molecule is COc1ccc(Nc2ccnc(NCCc3ccc(F)cc3)n2)cc1OC. The van der Waals surface area contributed by atoms with E-state index in [2.05, 4.69) is 20.6 Å². The molecule has 0 aliphatic rings. The topological polar surface area (TPSA) is 68.3 Å². The summed E-state index contributed by atoms with van der Waals surface area (Å²) in [6.07, 6.45) is 2.42. The molecule has 6 nitrogen and oxygen atoms in total. The Morgan fingerprint density at radius 2 is 1.74 bits per heavy atom. The molecule has 0 unspecified atom stereocenters. The Balaban J connectivity index is 1.60. The summed E-state index contributed by atoms with van der Waals surface area (Å²) in [7, 11) is 3.19. The fourth-order valence-electron chi connectivity index (χ4n) is 2.55. The molecule has 1 heterocycles. The Labute approximate surface area is 157 Å². The third-order valence-corrected chi connectivity index (χ3v) is 3.92. The minimum atomic E-state index is -0.232. The summed E-state index contributed by atoms with van der Waals surface area (Å²) in [5.41, 5.74) is 1.87. The molecular weight excluding hydrogens is 347 g/mol. The predicted molar refractivity (Wildman–Crippen MR) is 103 cm³/mol. The van der Waals surface area contributed by atoms with Crippen LogP contribution in [-0.2, 0) is 6.42 Å². The van der Waals surface area contributed by atoms with Crippen molar-refractivity contribution in [3.63, 3.8) is 0 Å². The lowest BCUT2D eigenvalue weighted by molar-refractivity contribution is 0.355. The molecule has 1 aromatic heterocycles. The molecule has 0 radical (unpaired) electrons. The first-order valence-electron chi connectivity index (χ1n) is 8.48. The third-order valence-electron chi connectivity index (χ3n) is 3.92. The van der Waals surface area contributed by atoms with Crippen molar-refractivity contribution in [1.29, 1.82) is 0 Å². The van der Waals surface area contributed by atoms with Crippen LogP contribution in [0.25, 0.3) is 0 Å². The van der Waals surface area contributed by atoms with Gasteiger partial charge >= 0.3 is 0 Å². The minimum absolute atomic E-state index is 0.232. The Morgan fingerprint density at radius 3 is 2.48 bits per heavy atom. The number of rotatable bonds is 8. The normalized spacial score (nSPS) is 10.3. The summed E-state index contributed by atoms with van der Waals surface area (Å²) in [6, 6.07) is 13.8. The van der Waals surface area contributed by atoms with Gasteiger partial charge in [-0.25, -0.2) is 9.37 Å². The average Bonchev–Trinajstić information content (AvgIpc) is 2.70. The number of hydrogen-bond acceptors (Lipinski definition) is 6. The molecule has 3 aromatic rings. The smallest absolute Gasteiger partial charge is 0.224 e. The van der Waals surface area contributed by atoms with E-state index in [4.69, 9.17) is 9.47 Å². The first-order chi connectivity index (χ1) is 13.2. The number of methoxy groups -OCH3 is 2. The molecule has 0 fully saturated rings. The van der Waals surface area contributed by atoms with E-state index in [0.29, 0.717) is 29.8 Å². The highest BCUT2D eigenvalue weighted by molar-refractivity contribution is 5.61. The van der Waals surface area contributed by atoms with Gasteiger partial charge < -0.3 is 20.1 Å². The van der Waals surface area contributed by atoms with E-state index in [0.717, 1.165) is 17.7 Å². The van der Waals surface area contributed by atoms with Crippen LogP contribution in [0.5, 0.6) is 11.5 Å². The van der Waals surface area contributed by atoms with E-state index in [-0.39, 0.29) is 5.82 Å². The highest BCUT2D eigenvalue weighted by Crippen LogP contribution is 2.30. The number of ether oxygens (including phenoxy) is 2. The van der Waals surface area contributed by atoms with Crippen LogP contribution in [0.4, 0.5) is 21.8 Å². The van der Waals surface area contributed by atoms with Crippen molar-refractivity contribution in [2.45, 2.75) is 6.42 Å².